The van der Waals surface area contributed by atoms with Gasteiger partial charge in [-0.1, -0.05) is 13.8 Å². The lowest BCUT2D eigenvalue weighted by Crippen LogP contribution is -2.43. The van der Waals surface area contributed by atoms with Crippen molar-refractivity contribution in [2.45, 2.75) is 26.7 Å². The molecule has 0 saturated heterocycles. The predicted octanol–water partition coefficient (Wildman–Crippen LogP) is 0.857. The van der Waals surface area contributed by atoms with E-state index in [2.05, 4.69) is 24.2 Å². The number of nitrogens with two attached hydrogens (primary N) is 1. The van der Waals surface area contributed by atoms with Crippen LogP contribution in [0, 0.1) is 0 Å². The quantitative estimate of drug-likeness (QED) is 0.378. The average Bonchev–Trinajstić information content (AvgIpc) is 2.03. The molecule has 0 aromatic carbocycles. The van der Waals surface area contributed by atoms with Crippen LogP contribution in [0.1, 0.15) is 26.7 Å². The van der Waals surface area contributed by atoms with E-state index < -0.39 is 0 Å². The maximum Gasteiger partial charge on any atom is 0.183 e. The van der Waals surface area contributed by atoms with Crippen molar-refractivity contribution in [1.29, 1.82) is 0 Å². The molecule has 0 aromatic heterocycles. The Labute approximate surface area is 73.9 Å². The molecule has 11 heavy (non-hydrogen) atoms. The van der Waals surface area contributed by atoms with Gasteiger partial charge in [0, 0.05) is 13.1 Å². The van der Waals surface area contributed by atoms with Crippen molar-refractivity contribution >= 4 is 17.3 Å². The third-order valence-electron chi connectivity index (χ3n) is 1.40. The molecule has 0 fully saturated rings. The Morgan fingerprint density at radius 3 is 2.09 bits per heavy atom. The standard InChI is InChI=1S/C7H17N3S/c1-3-5-10(6-4-2)7(11)9-8/h3-6,8H2,1-2H3,(H,9,11). The van der Waals surface area contributed by atoms with Crippen molar-refractivity contribution < 1.29 is 0 Å². The second kappa shape index (κ2) is 6.37. The Morgan fingerprint density at radius 2 is 1.82 bits per heavy atom. The lowest BCUT2D eigenvalue weighted by molar-refractivity contribution is 0.411. The molecule has 0 radical (unpaired) electrons. The molecule has 0 aliphatic carbocycles. The van der Waals surface area contributed by atoms with E-state index in [0.29, 0.717) is 5.11 Å². The first-order chi connectivity index (χ1) is 5.26. The minimum Gasteiger partial charge on any atom is -0.348 e. The van der Waals surface area contributed by atoms with Crippen LogP contribution in [0.5, 0.6) is 0 Å². The van der Waals surface area contributed by atoms with Crippen LogP contribution in [0.25, 0.3) is 0 Å². The third-order valence-corrected chi connectivity index (χ3v) is 1.77. The van der Waals surface area contributed by atoms with Gasteiger partial charge in [-0.15, -0.1) is 0 Å². The van der Waals surface area contributed by atoms with E-state index in [-0.39, 0.29) is 0 Å². The third kappa shape index (κ3) is 4.16. The predicted molar refractivity (Wildman–Crippen MR) is 52.1 cm³/mol. The van der Waals surface area contributed by atoms with Crippen LogP contribution in [0.3, 0.4) is 0 Å². The summed E-state index contributed by atoms with van der Waals surface area (Å²) in [5.41, 5.74) is 2.49. The monoisotopic (exact) mass is 175 g/mol. The number of rotatable bonds is 4. The van der Waals surface area contributed by atoms with Crippen molar-refractivity contribution in [2.75, 3.05) is 13.1 Å². The fourth-order valence-corrected chi connectivity index (χ4v) is 1.13. The fraction of sp³-hybridized carbons (Fsp3) is 0.857. The van der Waals surface area contributed by atoms with E-state index in [0.717, 1.165) is 25.9 Å². The molecular formula is C7H17N3S. The highest BCUT2D eigenvalue weighted by atomic mass is 32.1. The van der Waals surface area contributed by atoms with Crippen LogP contribution in [-0.4, -0.2) is 23.1 Å². The van der Waals surface area contributed by atoms with Gasteiger partial charge in [0.25, 0.3) is 0 Å². The molecule has 0 unspecified atom stereocenters. The average molecular weight is 175 g/mol. The zero-order valence-electron chi connectivity index (χ0n) is 7.26. The van der Waals surface area contributed by atoms with Crippen LogP contribution < -0.4 is 11.3 Å². The van der Waals surface area contributed by atoms with Crippen molar-refractivity contribution in [3.63, 3.8) is 0 Å². The minimum absolute atomic E-state index is 0.647. The highest BCUT2D eigenvalue weighted by molar-refractivity contribution is 7.80. The van der Waals surface area contributed by atoms with E-state index in [1.807, 2.05) is 0 Å². The van der Waals surface area contributed by atoms with Crippen LogP contribution in [0.2, 0.25) is 0 Å². The molecule has 66 valence electrons. The Bertz CT molecular complexity index is 110. The summed E-state index contributed by atoms with van der Waals surface area (Å²) < 4.78 is 0. The number of hydrogen-bond acceptors (Lipinski definition) is 2. The van der Waals surface area contributed by atoms with Gasteiger partial charge in [0.1, 0.15) is 0 Å². The van der Waals surface area contributed by atoms with E-state index >= 15 is 0 Å². The summed E-state index contributed by atoms with van der Waals surface area (Å²) in [5.74, 6) is 5.20. The normalized spacial score (nSPS) is 9.36. The summed E-state index contributed by atoms with van der Waals surface area (Å²) in [4.78, 5) is 2.08. The van der Waals surface area contributed by atoms with Gasteiger partial charge in [0.15, 0.2) is 5.11 Å². The SMILES string of the molecule is CCCN(CCC)C(=S)NN. The second-order valence-electron chi connectivity index (χ2n) is 2.44. The zero-order valence-corrected chi connectivity index (χ0v) is 8.08. The van der Waals surface area contributed by atoms with Gasteiger partial charge in [0.2, 0.25) is 0 Å². The summed E-state index contributed by atoms with van der Waals surface area (Å²) in [6, 6.07) is 0. The topological polar surface area (TPSA) is 41.3 Å². The lowest BCUT2D eigenvalue weighted by Gasteiger charge is -2.23. The number of hydrogen-bond donors (Lipinski definition) is 2. The van der Waals surface area contributed by atoms with Crippen LogP contribution >= 0.6 is 12.2 Å². The highest BCUT2D eigenvalue weighted by Gasteiger charge is 2.03. The van der Waals surface area contributed by atoms with Gasteiger partial charge in [-0.2, -0.15) is 0 Å². The first-order valence-corrected chi connectivity index (χ1v) is 4.42. The summed E-state index contributed by atoms with van der Waals surface area (Å²) in [5, 5.41) is 0.647. The molecular weight excluding hydrogens is 158 g/mol. The summed E-state index contributed by atoms with van der Waals surface area (Å²) in [6.07, 6.45) is 2.20. The van der Waals surface area contributed by atoms with Gasteiger partial charge in [0.05, 0.1) is 0 Å². The fourth-order valence-electron chi connectivity index (χ4n) is 0.946. The molecule has 0 atom stereocenters. The van der Waals surface area contributed by atoms with Crippen LogP contribution in [-0.2, 0) is 0 Å². The lowest BCUT2D eigenvalue weighted by atomic mass is 10.4. The van der Waals surface area contributed by atoms with Crippen LogP contribution in [0.15, 0.2) is 0 Å². The van der Waals surface area contributed by atoms with Gasteiger partial charge in [-0.3, -0.25) is 0 Å². The largest absolute Gasteiger partial charge is 0.348 e. The first kappa shape index (κ1) is 10.7. The number of nitrogens with one attached hydrogen (secondary N) is 1. The summed E-state index contributed by atoms with van der Waals surface area (Å²) in [7, 11) is 0. The first-order valence-electron chi connectivity index (χ1n) is 4.01. The molecule has 0 heterocycles. The molecule has 4 heteroatoms. The molecule has 0 saturated carbocycles. The summed E-state index contributed by atoms with van der Waals surface area (Å²) in [6.45, 7) is 6.22. The van der Waals surface area contributed by atoms with Crippen molar-refractivity contribution in [3.8, 4) is 0 Å². The smallest absolute Gasteiger partial charge is 0.183 e. The van der Waals surface area contributed by atoms with E-state index in [9.17, 15) is 0 Å². The molecule has 3 nitrogen and oxygen atoms in total. The van der Waals surface area contributed by atoms with Crippen LogP contribution in [0.4, 0.5) is 0 Å². The molecule has 0 amide bonds. The molecule has 0 aromatic rings. The Hall–Kier alpha value is -0.350. The van der Waals surface area contributed by atoms with E-state index in [4.69, 9.17) is 18.1 Å². The molecule has 0 spiro atoms. The van der Waals surface area contributed by atoms with E-state index in [1.165, 1.54) is 0 Å². The maximum atomic E-state index is 5.20. The number of nitrogens with zero attached hydrogens (tertiary/aromatic N) is 1. The van der Waals surface area contributed by atoms with Crippen molar-refractivity contribution in [2.24, 2.45) is 5.84 Å². The highest BCUT2D eigenvalue weighted by Crippen LogP contribution is 1.93. The number of hydrazine groups is 1. The second-order valence-corrected chi connectivity index (χ2v) is 2.82. The van der Waals surface area contributed by atoms with Gasteiger partial charge >= 0.3 is 0 Å². The molecule has 0 bridgehead atoms. The molecule has 3 N–H and O–H groups in total. The van der Waals surface area contributed by atoms with Crippen molar-refractivity contribution in [1.82, 2.24) is 10.3 Å². The zero-order chi connectivity index (χ0) is 8.69. The Kier molecular flexibility index (Phi) is 6.16. The van der Waals surface area contributed by atoms with Crippen molar-refractivity contribution in [3.05, 3.63) is 0 Å². The van der Waals surface area contributed by atoms with Gasteiger partial charge in [-0.25, -0.2) is 5.84 Å². The molecule has 0 aliphatic rings. The Balaban J connectivity index is 3.76. The number of thiocarbonyl (C=S) groups is 1. The molecule has 0 aliphatic heterocycles. The van der Waals surface area contributed by atoms with Gasteiger partial charge in [-0.05, 0) is 25.1 Å². The van der Waals surface area contributed by atoms with Gasteiger partial charge < -0.3 is 10.3 Å². The summed E-state index contributed by atoms with van der Waals surface area (Å²) >= 11 is 5.00. The maximum absolute atomic E-state index is 5.20. The molecule has 0 rings (SSSR count). The van der Waals surface area contributed by atoms with E-state index in [1.54, 1.807) is 0 Å². The Morgan fingerprint density at radius 1 is 1.36 bits per heavy atom. The minimum atomic E-state index is 0.647.